The molecule has 0 heterocycles. The van der Waals surface area contributed by atoms with Crippen LogP contribution >= 0.6 is 23.2 Å². The summed E-state index contributed by atoms with van der Waals surface area (Å²) in [4.78, 5) is 29.7. The Morgan fingerprint density at radius 1 is 0.826 bits per heavy atom. The van der Waals surface area contributed by atoms with Gasteiger partial charge in [0.1, 0.15) is 18.3 Å². The molecule has 46 heavy (non-hydrogen) atoms. The Labute approximate surface area is 280 Å². The highest BCUT2D eigenvalue weighted by Gasteiger charge is 2.34. The summed E-state index contributed by atoms with van der Waals surface area (Å²) in [5.41, 5.74) is 1.74. The minimum atomic E-state index is -4.21. The maximum absolute atomic E-state index is 14.5. The van der Waals surface area contributed by atoms with Gasteiger partial charge in [0.15, 0.2) is 0 Å². The van der Waals surface area contributed by atoms with Crippen molar-refractivity contribution < 1.29 is 22.7 Å². The highest BCUT2D eigenvalue weighted by Crippen LogP contribution is 2.28. The number of nitrogens with one attached hydrogen (secondary N) is 1. The van der Waals surface area contributed by atoms with E-state index in [-0.39, 0.29) is 29.5 Å². The van der Waals surface area contributed by atoms with Gasteiger partial charge in [-0.1, -0.05) is 84.7 Å². The Balaban J connectivity index is 1.80. The van der Waals surface area contributed by atoms with E-state index in [4.69, 9.17) is 27.9 Å². The molecule has 0 aliphatic heterocycles. The summed E-state index contributed by atoms with van der Waals surface area (Å²) in [5.74, 6) is -0.365. The second-order valence-corrected chi connectivity index (χ2v) is 13.2. The Morgan fingerprint density at radius 2 is 1.48 bits per heavy atom. The number of amides is 2. The predicted octanol–water partition coefficient (Wildman–Crippen LogP) is 6.75. The summed E-state index contributed by atoms with van der Waals surface area (Å²) < 4.78 is 34.8. The van der Waals surface area contributed by atoms with E-state index in [9.17, 15) is 18.0 Å². The third-order valence-electron chi connectivity index (χ3n) is 7.20. The molecule has 0 saturated heterocycles. The molecule has 0 aromatic heterocycles. The molecule has 0 saturated carbocycles. The first-order valence-corrected chi connectivity index (χ1v) is 17.2. The van der Waals surface area contributed by atoms with E-state index in [1.54, 1.807) is 60.7 Å². The zero-order valence-corrected chi connectivity index (χ0v) is 28.1. The van der Waals surface area contributed by atoms with Crippen LogP contribution in [0.1, 0.15) is 31.4 Å². The molecule has 0 aliphatic rings. The zero-order valence-electron chi connectivity index (χ0n) is 25.7. The zero-order chi connectivity index (χ0) is 33.1. The first-order chi connectivity index (χ1) is 22.1. The molecule has 4 aromatic carbocycles. The van der Waals surface area contributed by atoms with E-state index in [0.29, 0.717) is 40.9 Å². The molecule has 0 aliphatic carbocycles. The van der Waals surface area contributed by atoms with Gasteiger partial charge in [-0.25, -0.2) is 8.42 Å². The molecule has 4 rings (SSSR count). The lowest BCUT2D eigenvalue weighted by Gasteiger charge is -2.34. The average Bonchev–Trinajstić information content (AvgIpc) is 3.07. The minimum Gasteiger partial charge on any atom is -0.494 e. The van der Waals surface area contributed by atoms with Gasteiger partial charge >= 0.3 is 0 Å². The van der Waals surface area contributed by atoms with Crippen LogP contribution in [-0.4, -0.2) is 50.9 Å². The fourth-order valence-electron chi connectivity index (χ4n) is 4.88. The van der Waals surface area contributed by atoms with E-state index >= 15 is 0 Å². The van der Waals surface area contributed by atoms with E-state index in [1.165, 1.54) is 17.0 Å². The molecule has 8 nitrogen and oxygen atoms in total. The van der Waals surface area contributed by atoms with Crippen LogP contribution in [0.3, 0.4) is 0 Å². The minimum absolute atomic E-state index is 0.0186. The third-order valence-corrected chi connectivity index (χ3v) is 9.73. The number of hydrogen-bond acceptors (Lipinski definition) is 5. The topological polar surface area (TPSA) is 96.0 Å². The number of anilines is 1. The van der Waals surface area contributed by atoms with Gasteiger partial charge in [0.05, 0.1) is 27.2 Å². The fraction of sp³-hybridized carbons (Fsp3) is 0.257. The Kier molecular flexibility index (Phi) is 12.5. The summed E-state index contributed by atoms with van der Waals surface area (Å²) >= 11 is 12.5. The average molecular weight is 683 g/mol. The standard InChI is InChI=1S/C35H37Cl2N3O5S/c1-3-21-38-35(42)33(23-26-11-7-5-8-12-26)39(24-27-15-20-31(36)32(37)22-27)34(41)25-40(28-16-18-29(19-17-28)45-4-2)46(43,44)30-13-9-6-10-14-30/h5-20,22,33H,3-4,21,23-25H2,1-2H3,(H,38,42)/t33-/m0/s1. The second kappa shape index (κ2) is 16.5. The van der Waals surface area contributed by atoms with Crippen LogP contribution < -0.4 is 14.4 Å². The second-order valence-electron chi connectivity index (χ2n) is 10.5. The van der Waals surface area contributed by atoms with Gasteiger partial charge < -0.3 is 15.0 Å². The summed E-state index contributed by atoms with van der Waals surface area (Å²) in [6, 6.07) is 27.8. The summed E-state index contributed by atoms with van der Waals surface area (Å²) in [6.45, 7) is 4.06. The molecule has 1 N–H and O–H groups in total. The number of nitrogens with zero attached hydrogens (tertiary/aromatic N) is 2. The Bertz CT molecular complexity index is 1710. The number of halogens is 2. The SMILES string of the molecule is CCCNC(=O)[C@H](Cc1ccccc1)N(Cc1ccc(Cl)c(Cl)c1)C(=O)CN(c1ccc(OCC)cc1)S(=O)(=O)c1ccccc1. The van der Waals surface area contributed by atoms with Crippen LogP contribution in [0.25, 0.3) is 0 Å². The van der Waals surface area contributed by atoms with Gasteiger partial charge in [-0.2, -0.15) is 0 Å². The van der Waals surface area contributed by atoms with Crippen molar-refractivity contribution in [2.24, 2.45) is 0 Å². The van der Waals surface area contributed by atoms with Crippen molar-refractivity contribution in [3.63, 3.8) is 0 Å². The number of sulfonamides is 1. The number of hydrogen-bond donors (Lipinski definition) is 1. The van der Waals surface area contributed by atoms with Gasteiger partial charge in [-0.15, -0.1) is 0 Å². The van der Waals surface area contributed by atoms with Crippen LogP contribution in [0.2, 0.25) is 10.0 Å². The molecule has 0 bridgehead atoms. The summed E-state index contributed by atoms with van der Waals surface area (Å²) in [6.07, 6.45) is 0.906. The Morgan fingerprint density at radius 3 is 2.09 bits per heavy atom. The highest BCUT2D eigenvalue weighted by atomic mass is 35.5. The van der Waals surface area contributed by atoms with E-state index in [2.05, 4.69) is 5.32 Å². The maximum atomic E-state index is 14.5. The van der Waals surface area contributed by atoms with Crippen molar-refractivity contribution >= 4 is 50.7 Å². The van der Waals surface area contributed by atoms with Crippen molar-refractivity contribution in [1.82, 2.24) is 10.2 Å². The number of carbonyl (C=O) groups is 2. The van der Waals surface area contributed by atoms with Crippen molar-refractivity contribution in [3.8, 4) is 5.75 Å². The number of rotatable bonds is 15. The normalized spacial score (nSPS) is 11.8. The molecular weight excluding hydrogens is 645 g/mol. The number of carbonyl (C=O) groups excluding carboxylic acids is 2. The van der Waals surface area contributed by atoms with Gasteiger partial charge in [-0.3, -0.25) is 13.9 Å². The molecule has 0 unspecified atom stereocenters. The first-order valence-electron chi connectivity index (χ1n) is 15.0. The third kappa shape index (κ3) is 9.02. The smallest absolute Gasteiger partial charge is 0.264 e. The molecule has 11 heteroatoms. The van der Waals surface area contributed by atoms with Crippen LogP contribution in [0.15, 0.2) is 108 Å². The summed E-state index contributed by atoms with van der Waals surface area (Å²) in [5, 5.41) is 3.57. The number of ether oxygens (including phenoxy) is 1. The van der Waals surface area contributed by atoms with Crippen LogP contribution in [0.4, 0.5) is 5.69 Å². The van der Waals surface area contributed by atoms with Crippen molar-refractivity contribution in [2.75, 3.05) is 24.0 Å². The molecule has 0 radical (unpaired) electrons. The summed E-state index contributed by atoms with van der Waals surface area (Å²) in [7, 11) is -4.21. The number of benzene rings is 4. The molecule has 1 atom stereocenters. The lowest BCUT2D eigenvalue weighted by atomic mass is 10.0. The predicted molar refractivity (Wildman–Crippen MR) is 183 cm³/mol. The lowest BCUT2D eigenvalue weighted by molar-refractivity contribution is -0.140. The van der Waals surface area contributed by atoms with Crippen molar-refractivity contribution in [1.29, 1.82) is 0 Å². The van der Waals surface area contributed by atoms with Crippen molar-refractivity contribution in [2.45, 2.75) is 44.2 Å². The van der Waals surface area contributed by atoms with Gasteiger partial charge in [0.25, 0.3) is 10.0 Å². The van der Waals surface area contributed by atoms with E-state index < -0.39 is 28.5 Å². The monoisotopic (exact) mass is 681 g/mol. The lowest BCUT2D eigenvalue weighted by Crippen LogP contribution is -2.53. The van der Waals surface area contributed by atoms with Gasteiger partial charge in [0, 0.05) is 19.5 Å². The van der Waals surface area contributed by atoms with Crippen LogP contribution in [0.5, 0.6) is 5.75 Å². The molecular formula is C35H37Cl2N3O5S. The van der Waals surface area contributed by atoms with Gasteiger partial charge in [0.2, 0.25) is 11.8 Å². The van der Waals surface area contributed by atoms with Crippen LogP contribution in [0, 0.1) is 0 Å². The largest absolute Gasteiger partial charge is 0.494 e. The fourth-order valence-corrected chi connectivity index (χ4v) is 6.63. The Hall–Kier alpha value is -4.05. The molecule has 0 spiro atoms. The van der Waals surface area contributed by atoms with Crippen molar-refractivity contribution in [3.05, 3.63) is 124 Å². The van der Waals surface area contributed by atoms with Gasteiger partial charge in [-0.05, 0) is 73.0 Å². The molecule has 2 amide bonds. The van der Waals surface area contributed by atoms with E-state index in [0.717, 1.165) is 9.87 Å². The van der Waals surface area contributed by atoms with Crippen LogP contribution in [-0.2, 0) is 32.6 Å². The molecule has 0 fully saturated rings. The highest BCUT2D eigenvalue weighted by molar-refractivity contribution is 7.92. The quantitative estimate of drug-likeness (QED) is 0.150. The maximum Gasteiger partial charge on any atom is 0.264 e. The van der Waals surface area contributed by atoms with E-state index in [1.807, 2.05) is 44.2 Å². The molecule has 242 valence electrons. The molecule has 4 aromatic rings. The first kappa shape index (κ1) is 34.8.